The van der Waals surface area contributed by atoms with Gasteiger partial charge < -0.3 is 30.9 Å². The predicted octanol–water partition coefficient (Wildman–Crippen LogP) is 2.52. The summed E-state index contributed by atoms with van der Waals surface area (Å²) in [4.78, 5) is 29.5. The molecule has 2 aromatic heterocycles. The van der Waals surface area contributed by atoms with E-state index in [1.165, 1.54) is 31.6 Å². The average Bonchev–Trinajstić information content (AvgIpc) is 3.50. The van der Waals surface area contributed by atoms with Crippen LogP contribution in [0.1, 0.15) is 36.2 Å². The molecule has 5 N–H and O–H groups in total. The summed E-state index contributed by atoms with van der Waals surface area (Å²) in [7, 11) is 2.21. The number of benzene rings is 1. The molecule has 1 aliphatic carbocycles. The Bertz CT molecular complexity index is 1380. The molecular formula is C30H40N10O2. The number of nitrogens with two attached hydrogens (primary N) is 1. The first-order chi connectivity index (χ1) is 20.4. The van der Waals surface area contributed by atoms with Gasteiger partial charge in [0.25, 0.3) is 5.91 Å². The van der Waals surface area contributed by atoms with Crippen molar-refractivity contribution in [3.8, 4) is 11.4 Å². The van der Waals surface area contributed by atoms with Crippen molar-refractivity contribution in [3.63, 3.8) is 0 Å². The van der Waals surface area contributed by atoms with Crippen LogP contribution in [0.2, 0.25) is 0 Å². The van der Waals surface area contributed by atoms with Crippen LogP contribution in [-0.4, -0.2) is 107 Å². The highest BCUT2D eigenvalue weighted by atomic mass is 16.5. The summed E-state index contributed by atoms with van der Waals surface area (Å²) in [6.45, 7) is 8.43. The highest BCUT2D eigenvalue weighted by Gasteiger charge is 2.50. The summed E-state index contributed by atoms with van der Waals surface area (Å²) in [6, 6.07) is 11.0. The third-order valence-electron chi connectivity index (χ3n) is 9.40. The molecule has 3 aromatic rings. The van der Waals surface area contributed by atoms with E-state index in [4.69, 9.17) is 15.5 Å². The molecule has 42 heavy (non-hydrogen) atoms. The monoisotopic (exact) mass is 572 g/mol. The van der Waals surface area contributed by atoms with Gasteiger partial charge in [-0.3, -0.25) is 14.8 Å². The van der Waals surface area contributed by atoms with Crippen LogP contribution in [0.5, 0.6) is 0 Å². The number of anilines is 4. The molecule has 222 valence electrons. The molecule has 12 heteroatoms. The predicted molar refractivity (Wildman–Crippen MR) is 162 cm³/mol. The molecule has 0 bridgehead atoms. The summed E-state index contributed by atoms with van der Waals surface area (Å²) in [5, 5.41) is 14.0. The first-order valence-electron chi connectivity index (χ1n) is 15.1. The van der Waals surface area contributed by atoms with Crippen molar-refractivity contribution in [2.75, 3.05) is 75.1 Å². The van der Waals surface area contributed by atoms with E-state index in [0.717, 1.165) is 57.9 Å². The number of nitrogens with one attached hydrogen (secondary N) is 3. The van der Waals surface area contributed by atoms with Crippen LogP contribution in [0.25, 0.3) is 11.4 Å². The number of nitrogens with zero attached hydrogens (tertiary/aromatic N) is 6. The number of ether oxygens (including phenoxy) is 1. The Hall–Kier alpha value is -3.74. The second kappa shape index (κ2) is 11.2. The summed E-state index contributed by atoms with van der Waals surface area (Å²) in [5.74, 6) is 0.253. The van der Waals surface area contributed by atoms with E-state index in [-0.39, 0.29) is 11.7 Å². The number of piperidine rings is 1. The van der Waals surface area contributed by atoms with Crippen molar-refractivity contribution in [3.05, 3.63) is 42.2 Å². The van der Waals surface area contributed by atoms with Crippen LogP contribution in [0.4, 0.5) is 23.0 Å². The summed E-state index contributed by atoms with van der Waals surface area (Å²) >= 11 is 0. The molecule has 3 saturated heterocycles. The number of amides is 1. The molecule has 1 amide bonds. The van der Waals surface area contributed by atoms with Crippen molar-refractivity contribution in [1.82, 2.24) is 30.0 Å². The fraction of sp³-hybridized carbons (Fsp3) is 0.533. The Kier molecular flexibility index (Phi) is 7.20. The second-order valence-electron chi connectivity index (χ2n) is 12.4. The fourth-order valence-electron chi connectivity index (χ4n) is 6.84. The minimum absolute atomic E-state index is 0.0751. The molecule has 7 rings (SSSR count). The van der Waals surface area contributed by atoms with Gasteiger partial charge in [0.15, 0.2) is 17.3 Å². The van der Waals surface area contributed by atoms with Gasteiger partial charge in [-0.2, -0.15) is 5.10 Å². The Morgan fingerprint density at radius 1 is 1.00 bits per heavy atom. The van der Waals surface area contributed by atoms with E-state index in [9.17, 15) is 4.79 Å². The fourth-order valence-corrected chi connectivity index (χ4v) is 6.84. The van der Waals surface area contributed by atoms with E-state index in [1.807, 2.05) is 18.2 Å². The Balaban J connectivity index is 1.05. The maximum absolute atomic E-state index is 12.5. The molecule has 1 spiro atoms. The van der Waals surface area contributed by atoms with E-state index in [1.54, 1.807) is 6.20 Å². The smallest absolute Gasteiger partial charge is 0.271 e. The van der Waals surface area contributed by atoms with E-state index in [0.29, 0.717) is 34.5 Å². The minimum Gasteiger partial charge on any atom is -0.380 e. The Labute approximate surface area is 246 Å². The highest BCUT2D eigenvalue weighted by Crippen LogP contribution is 2.48. The number of likely N-dealkylation sites (N-methyl/N-ethyl adjacent to an activating group) is 1. The third-order valence-corrected chi connectivity index (χ3v) is 9.40. The lowest BCUT2D eigenvalue weighted by atomic mass is 9.64. The highest BCUT2D eigenvalue weighted by molar-refractivity contribution is 5.97. The van der Waals surface area contributed by atoms with Gasteiger partial charge in [-0.1, -0.05) is 0 Å². The molecular weight excluding hydrogens is 532 g/mol. The molecule has 1 aromatic carbocycles. The number of carbonyl (C=O) groups excluding carboxylic acids is 1. The number of hydrogen-bond acceptors (Lipinski definition) is 10. The zero-order valence-electron chi connectivity index (χ0n) is 24.2. The molecule has 0 atom stereocenters. The van der Waals surface area contributed by atoms with Crippen LogP contribution in [0.15, 0.2) is 36.5 Å². The minimum atomic E-state index is -0.651. The number of carbonyl (C=O) groups is 1. The average molecular weight is 573 g/mol. The van der Waals surface area contributed by atoms with Gasteiger partial charge in [-0.05, 0) is 63.1 Å². The zero-order valence-corrected chi connectivity index (χ0v) is 24.2. The van der Waals surface area contributed by atoms with Gasteiger partial charge in [0.2, 0.25) is 0 Å². The number of hydrogen-bond donors (Lipinski definition) is 4. The first kappa shape index (κ1) is 27.1. The summed E-state index contributed by atoms with van der Waals surface area (Å²) in [5.41, 5.74) is 9.26. The topological polar surface area (TPSA) is 141 Å². The normalized spacial score (nSPS) is 21.6. The van der Waals surface area contributed by atoms with Gasteiger partial charge in [-0.25, -0.2) is 9.97 Å². The Morgan fingerprint density at radius 3 is 2.36 bits per heavy atom. The third kappa shape index (κ3) is 5.41. The van der Waals surface area contributed by atoms with Crippen LogP contribution in [0.3, 0.4) is 0 Å². The number of piperazine rings is 1. The van der Waals surface area contributed by atoms with Crippen molar-refractivity contribution in [1.29, 1.82) is 0 Å². The van der Waals surface area contributed by atoms with Gasteiger partial charge >= 0.3 is 0 Å². The van der Waals surface area contributed by atoms with Crippen LogP contribution in [-0.2, 0) is 4.74 Å². The maximum Gasteiger partial charge on any atom is 0.271 e. The van der Waals surface area contributed by atoms with Crippen LogP contribution < -0.4 is 21.3 Å². The molecule has 4 aliphatic rings. The molecule has 0 radical (unpaired) electrons. The molecule has 12 nitrogen and oxygen atoms in total. The first-order valence-corrected chi connectivity index (χ1v) is 15.1. The molecule has 3 aliphatic heterocycles. The molecule has 1 saturated carbocycles. The van der Waals surface area contributed by atoms with E-state index in [2.05, 4.69) is 59.7 Å². The van der Waals surface area contributed by atoms with Crippen molar-refractivity contribution in [2.45, 2.75) is 37.8 Å². The van der Waals surface area contributed by atoms with Crippen molar-refractivity contribution < 1.29 is 9.53 Å². The zero-order chi connectivity index (χ0) is 28.7. The molecule has 0 unspecified atom stereocenters. The summed E-state index contributed by atoms with van der Waals surface area (Å²) in [6.07, 6.45) is 6.13. The number of H-pyrrole nitrogens is 1. The van der Waals surface area contributed by atoms with Gasteiger partial charge in [-0.15, -0.1) is 0 Å². The van der Waals surface area contributed by atoms with E-state index >= 15 is 0 Å². The maximum atomic E-state index is 12.5. The Morgan fingerprint density at radius 2 is 1.74 bits per heavy atom. The van der Waals surface area contributed by atoms with Crippen molar-refractivity contribution in [2.24, 2.45) is 11.1 Å². The van der Waals surface area contributed by atoms with E-state index < -0.39 is 5.91 Å². The largest absolute Gasteiger partial charge is 0.380 e. The van der Waals surface area contributed by atoms with Crippen LogP contribution >= 0.6 is 0 Å². The quantitative estimate of drug-likeness (QED) is 0.318. The second-order valence-corrected chi connectivity index (χ2v) is 12.4. The van der Waals surface area contributed by atoms with Gasteiger partial charge in [0.05, 0.1) is 13.2 Å². The van der Waals surface area contributed by atoms with Gasteiger partial charge in [0, 0.05) is 74.3 Å². The van der Waals surface area contributed by atoms with Gasteiger partial charge in [0.1, 0.15) is 11.4 Å². The number of aromatic amines is 1. The number of primary amides is 1. The molecule has 4 fully saturated rings. The number of aromatic nitrogens is 4. The number of rotatable bonds is 8. The lowest BCUT2D eigenvalue weighted by molar-refractivity contribution is -0.159. The SMILES string of the molecule is CN1CCN(C2CCN(c3ccc(Nc4nc(NC5CC6(COC6)C5)c(-c5cc[nH]n5)nc4C(N)=O)cc3)CC2)CC1. The van der Waals surface area contributed by atoms with Crippen LogP contribution in [0, 0.1) is 5.41 Å². The summed E-state index contributed by atoms with van der Waals surface area (Å²) < 4.78 is 5.43. The molecule has 5 heterocycles. The van der Waals surface area contributed by atoms with Crippen molar-refractivity contribution >= 4 is 28.9 Å². The standard InChI is InChI=1S/C30H40N10O2/c1-38-12-14-40(15-13-38)23-7-10-39(11-8-23)22-4-2-20(3-5-22)33-29-26(27(31)41)35-25(24-6-9-32-37-24)28(36-29)34-21-16-30(17-21)18-42-19-30/h2-6,9,21,23H,7-8,10-19H2,1H3,(H2,31,41)(H,32,37)(H2,33,34,36). The lowest BCUT2D eigenvalue weighted by Crippen LogP contribution is -2.56. The lowest BCUT2D eigenvalue weighted by Gasteiger charge is -2.53.